The van der Waals surface area contributed by atoms with Crippen LogP contribution in [0.25, 0.3) is 10.3 Å². The van der Waals surface area contributed by atoms with Crippen LogP contribution in [0.15, 0.2) is 20.3 Å². The quantitative estimate of drug-likeness (QED) is 0.496. The van der Waals surface area contributed by atoms with Gasteiger partial charge >= 0.3 is 0 Å². The third-order valence-corrected chi connectivity index (χ3v) is 6.03. The van der Waals surface area contributed by atoms with Gasteiger partial charge in [0.05, 0.1) is 20.3 Å². The molecule has 2 aromatic rings. The summed E-state index contributed by atoms with van der Waals surface area (Å²) in [7, 11) is 3.75. The first-order valence-electron chi connectivity index (χ1n) is 6.12. The number of hydrogen-bond donors (Lipinski definition) is 0. The highest BCUT2D eigenvalue weighted by molar-refractivity contribution is 9.10. The maximum absolute atomic E-state index is 5.94. The van der Waals surface area contributed by atoms with Gasteiger partial charge in [-0.05, 0) is 15.9 Å². The first kappa shape index (κ1) is 16.3. The molecule has 0 amide bonds. The van der Waals surface area contributed by atoms with Crippen molar-refractivity contribution in [1.82, 2.24) is 0 Å². The summed E-state index contributed by atoms with van der Waals surface area (Å²) >= 11 is 12.4. The highest BCUT2D eigenvalue weighted by Gasteiger charge is 2.10. The van der Waals surface area contributed by atoms with Gasteiger partial charge < -0.3 is 14.1 Å². The Kier molecular flexibility index (Phi) is 6.35. The lowest BCUT2D eigenvalue weighted by molar-refractivity contribution is 0.218. The van der Waals surface area contributed by atoms with E-state index >= 15 is 0 Å². The van der Waals surface area contributed by atoms with Crippen LogP contribution in [0.1, 0.15) is 0 Å². The Morgan fingerprint density at radius 3 is 3.05 bits per heavy atom. The van der Waals surface area contributed by atoms with Crippen LogP contribution >= 0.6 is 51.2 Å². The van der Waals surface area contributed by atoms with Crippen LogP contribution in [0.4, 0.5) is 5.88 Å². The molecule has 0 atom stereocenters. The van der Waals surface area contributed by atoms with E-state index in [1.165, 1.54) is 0 Å². The molecule has 0 N–H and O–H groups in total. The number of anilines is 1. The Balaban J connectivity index is 2.04. The van der Waals surface area contributed by atoms with Crippen LogP contribution in [0.5, 0.6) is 0 Å². The average molecular weight is 394 g/mol. The SMILES string of the molecule is COCCSCCN(C)c1cc(=S)c2scc(Br)c2o1. The monoisotopic (exact) mass is 393 g/mol. The predicted octanol–water partition coefficient (Wildman–Crippen LogP) is 4.80. The third kappa shape index (κ3) is 3.98. The molecule has 0 aliphatic rings. The topological polar surface area (TPSA) is 25.6 Å². The summed E-state index contributed by atoms with van der Waals surface area (Å²) in [4.78, 5) is 2.10. The first-order valence-corrected chi connectivity index (χ1v) is 9.35. The molecule has 2 rings (SSSR count). The van der Waals surface area contributed by atoms with Gasteiger partial charge in [-0.2, -0.15) is 11.8 Å². The second-order valence-corrected chi connectivity index (χ2v) is 7.62. The van der Waals surface area contributed by atoms with E-state index in [1.807, 2.05) is 30.3 Å². The standard InChI is InChI=1S/C13H16BrNO2S3/c1-15(3-5-19-6-4-16-2)11-7-10(18)13-12(17-11)9(14)8-20-13/h7-8H,3-6H2,1-2H3. The van der Waals surface area contributed by atoms with Crippen molar-refractivity contribution in [2.45, 2.75) is 0 Å². The van der Waals surface area contributed by atoms with E-state index in [4.69, 9.17) is 21.4 Å². The molecule has 7 heteroatoms. The van der Waals surface area contributed by atoms with Gasteiger partial charge in [0, 0.05) is 43.7 Å². The van der Waals surface area contributed by atoms with Crippen molar-refractivity contribution in [2.75, 3.05) is 43.7 Å². The second-order valence-electron chi connectivity index (χ2n) is 4.22. The van der Waals surface area contributed by atoms with Gasteiger partial charge in [-0.1, -0.05) is 12.2 Å². The summed E-state index contributed by atoms with van der Waals surface area (Å²) in [5.41, 5.74) is 0.844. The van der Waals surface area contributed by atoms with Gasteiger partial charge in [0.1, 0.15) is 0 Å². The number of methoxy groups -OCH3 is 1. The Hall–Kier alpha value is -0.0800. The summed E-state index contributed by atoms with van der Waals surface area (Å²) in [5, 5.41) is 2.01. The van der Waals surface area contributed by atoms with Crippen LogP contribution in [0.3, 0.4) is 0 Å². The van der Waals surface area contributed by atoms with E-state index in [9.17, 15) is 0 Å². The molecule has 0 aliphatic heterocycles. The summed E-state index contributed by atoms with van der Waals surface area (Å²) in [6.07, 6.45) is 0. The van der Waals surface area contributed by atoms with Crippen molar-refractivity contribution in [2.24, 2.45) is 0 Å². The minimum atomic E-state index is 0.795. The third-order valence-electron chi connectivity index (χ3n) is 2.77. The summed E-state index contributed by atoms with van der Waals surface area (Å²) in [6.45, 7) is 1.71. The minimum Gasteiger partial charge on any atom is -0.438 e. The minimum absolute atomic E-state index is 0.795. The van der Waals surface area contributed by atoms with Gasteiger partial charge in [-0.25, -0.2) is 0 Å². The number of ether oxygens (including phenoxy) is 1. The molecular formula is C13H16BrNO2S3. The predicted molar refractivity (Wildman–Crippen MR) is 95.1 cm³/mol. The van der Waals surface area contributed by atoms with Crippen LogP contribution < -0.4 is 4.90 Å². The lowest BCUT2D eigenvalue weighted by Crippen LogP contribution is -2.20. The van der Waals surface area contributed by atoms with Crippen molar-refractivity contribution in [3.63, 3.8) is 0 Å². The summed E-state index contributed by atoms with van der Waals surface area (Å²) < 4.78 is 13.8. The van der Waals surface area contributed by atoms with Crippen molar-refractivity contribution < 1.29 is 9.15 Å². The Morgan fingerprint density at radius 2 is 2.30 bits per heavy atom. The second kappa shape index (κ2) is 7.79. The van der Waals surface area contributed by atoms with Gasteiger partial charge in [0.15, 0.2) is 11.5 Å². The molecule has 0 radical (unpaired) electrons. The van der Waals surface area contributed by atoms with E-state index in [0.29, 0.717) is 0 Å². The lowest BCUT2D eigenvalue weighted by atomic mass is 10.4. The smallest absolute Gasteiger partial charge is 0.197 e. The van der Waals surface area contributed by atoms with Gasteiger partial charge in [0.25, 0.3) is 0 Å². The number of fused-ring (bicyclic) bond motifs is 1. The van der Waals surface area contributed by atoms with Crippen LogP contribution in [0.2, 0.25) is 0 Å². The molecule has 3 nitrogen and oxygen atoms in total. The van der Waals surface area contributed by atoms with E-state index in [0.717, 1.165) is 49.8 Å². The molecule has 0 aromatic carbocycles. The molecule has 110 valence electrons. The zero-order valence-corrected chi connectivity index (χ0v) is 15.4. The van der Waals surface area contributed by atoms with Crippen LogP contribution in [0, 0.1) is 4.51 Å². The lowest BCUT2D eigenvalue weighted by Gasteiger charge is -2.17. The number of rotatable bonds is 7. The molecule has 0 aliphatic carbocycles. The molecule has 0 bridgehead atoms. The van der Waals surface area contributed by atoms with Gasteiger partial charge in [-0.3, -0.25) is 0 Å². The number of thioether (sulfide) groups is 1. The zero-order valence-electron chi connectivity index (χ0n) is 11.3. The highest BCUT2D eigenvalue weighted by Crippen LogP contribution is 2.34. The van der Waals surface area contributed by atoms with Crippen molar-refractivity contribution >= 4 is 67.4 Å². The Bertz CT molecular complexity index is 626. The fraction of sp³-hybridized carbons (Fsp3) is 0.462. The van der Waals surface area contributed by atoms with E-state index in [1.54, 1.807) is 18.4 Å². The van der Waals surface area contributed by atoms with E-state index < -0.39 is 0 Å². The summed E-state index contributed by atoms with van der Waals surface area (Å²) in [5.74, 6) is 2.86. The first-order chi connectivity index (χ1) is 9.63. The maximum Gasteiger partial charge on any atom is 0.197 e. The van der Waals surface area contributed by atoms with Gasteiger partial charge in [0.2, 0.25) is 0 Å². The molecule has 2 aromatic heterocycles. The molecule has 0 fully saturated rings. The zero-order chi connectivity index (χ0) is 14.5. The number of nitrogens with zero attached hydrogens (tertiary/aromatic N) is 1. The normalized spacial score (nSPS) is 11.2. The molecular weight excluding hydrogens is 378 g/mol. The number of hydrogen-bond acceptors (Lipinski definition) is 6. The van der Waals surface area contributed by atoms with Crippen molar-refractivity contribution in [3.05, 3.63) is 20.4 Å². The molecule has 0 saturated carbocycles. The van der Waals surface area contributed by atoms with Crippen LogP contribution in [-0.2, 0) is 4.74 Å². The van der Waals surface area contributed by atoms with E-state index in [-0.39, 0.29) is 0 Å². The van der Waals surface area contributed by atoms with Gasteiger partial charge in [-0.15, -0.1) is 11.3 Å². The molecule has 20 heavy (non-hydrogen) atoms. The van der Waals surface area contributed by atoms with Crippen LogP contribution in [-0.4, -0.2) is 38.8 Å². The molecule has 0 spiro atoms. The Morgan fingerprint density at radius 1 is 1.50 bits per heavy atom. The van der Waals surface area contributed by atoms with E-state index in [2.05, 4.69) is 20.8 Å². The maximum atomic E-state index is 5.94. The number of halogens is 1. The van der Waals surface area contributed by atoms with Crippen molar-refractivity contribution in [1.29, 1.82) is 0 Å². The largest absolute Gasteiger partial charge is 0.438 e. The average Bonchev–Trinajstić information content (AvgIpc) is 2.81. The molecule has 0 saturated heterocycles. The highest BCUT2D eigenvalue weighted by atomic mass is 79.9. The van der Waals surface area contributed by atoms with Crippen molar-refractivity contribution in [3.8, 4) is 0 Å². The fourth-order valence-electron chi connectivity index (χ4n) is 1.65. The number of thiophene rings is 1. The molecule has 2 heterocycles. The molecule has 0 unspecified atom stereocenters. The fourth-order valence-corrected chi connectivity index (χ4v) is 4.33. The Labute approximate surface area is 140 Å². The summed E-state index contributed by atoms with van der Waals surface area (Å²) in [6, 6.07) is 1.93.